The number of amides is 1. The molecule has 0 aromatic heterocycles. The molecule has 0 aliphatic rings. The first-order valence-electron chi connectivity index (χ1n) is 8.60. The fourth-order valence-electron chi connectivity index (χ4n) is 2.05. The van der Waals surface area contributed by atoms with Crippen LogP contribution in [0.2, 0.25) is 0 Å². The quantitative estimate of drug-likeness (QED) is 0.366. The SMILES string of the molecule is CC(C)(C)OC(=O)NC(Cc1ccccc1)C(=O)OCC[N+](C)(C)CF.[Cl-]. The standard InChI is InChI=1S/C19H29FN2O4.ClH/c1-19(2,3)26-18(24)21-16(13-15-9-7-6-8-10-15)17(23)25-12-11-22(4,5)14-20;/h6-10,16H,11-14H2,1-5H3;1H. The molecule has 0 fully saturated rings. The topological polar surface area (TPSA) is 64.6 Å². The summed E-state index contributed by atoms with van der Waals surface area (Å²) in [6, 6.07) is 8.42. The second-order valence-corrected chi connectivity index (χ2v) is 7.83. The summed E-state index contributed by atoms with van der Waals surface area (Å²) in [6.07, 6.45) is -0.407. The summed E-state index contributed by atoms with van der Waals surface area (Å²) < 4.78 is 23.4. The molecule has 1 aromatic carbocycles. The maximum atomic E-state index is 12.8. The van der Waals surface area contributed by atoms with Crippen LogP contribution in [-0.2, 0) is 20.7 Å². The van der Waals surface area contributed by atoms with Crippen molar-refractivity contribution < 1.29 is 40.3 Å². The average Bonchev–Trinajstić information content (AvgIpc) is 2.53. The molecular weight excluding hydrogens is 375 g/mol. The van der Waals surface area contributed by atoms with Crippen LogP contribution in [0.1, 0.15) is 26.3 Å². The van der Waals surface area contributed by atoms with Crippen molar-refractivity contribution in [1.82, 2.24) is 5.32 Å². The van der Waals surface area contributed by atoms with Gasteiger partial charge in [-0.2, -0.15) is 4.39 Å². The lowest BCUT2D eigenvalue weighted by atomic mass is 10.1. The number of benzene rings is 1. The first-order chi connectivity index (χ1) is 12.0. The summed E-state index contributed by atoms with van der Waals surface area (Å²) in [6.45, 7) is 5.08. The number of carbonyl (C=O) groups is 2. The summed E-state index contributed by atoms with van der Waals surface area (Å²) in [5.41, 5.74) is 0.207. The molecule has 1 N–H and O–H groups in total. The van der Waals surface area contributed by atoms with Gasteiger partial charge in [-0.3, -0.25) is 4.48 Å². The number of nitrogens with one attached hydrogen (secondary N) is 1. The second-order valence-electron chi connectivity index (χ2n) is 7.83. The van der Waals surface area contributed by atoms with Crippen molar-refractivity contribution in [3.05, 3.63) is 35.9 Å². The molecular formula is C19H30ClFN2O4. The van der Waals surface area contributed by atoms with Gasteiger partial charge in [0.25, 0.3) is 0 Å². The van der Waals surface area contributed by atoms with Crippen molar-refractivity contribution in [1.29, 1.82) is 0 Å². The number of halogens is 2. The van der Waals surface area contributed by atoms with Crippen LogP contribution in [-0.4, -0.2) is 62.2 Å². The molecule has 0 saturated heterocycles. The third-order valence-corrected chi connectivity index (χ3v) is 3.52. The molecule has 1 rings (SSSR count). The van der Waals surface area contributed by atoms with E-state index in [9.17, 15) is 14.0 Å². The average molecular weight is 405 g/mol. The first kappa shape index (κ1) is 25.1. The number of hydrogen-bond donors (Lipinski definition) is 1. The Kier molecular flexibility index (Phi) is 10.3. The van der Waals surface area contributed by atoms with Crippen LogP contribution in [0.15, 0.2) is 30.3 Å². The number of carbonyl (C=O) groups excluding carboxylic acids is 2. The molecule has 27 heavy (non-hydrogen) atoms. The van der Waals surface area contributed by atoms with Gasteiger partial charge in [-0.1, -0.05) is 30.3 Å². The zero-order valence-electron chi connectivity index (χ0n) is 16.6. The smallest absolute Gasteiger partial charge is 0.408 e. The lowest BCUT2D eigenvalue weighted by Gasteiger charge is -2.26. The van der Waals surface area contributed by atoms with Crippen LogP contribution in [0.25, 0.3) is 0 Å². The Labute approximate surface area is 167 Å². The fourth-order valence-corrected chi connectivity index (χ4v) is 2.05. The van der Waals surface area contributed by atoms with Gasteiger partial charge in [-0.25, -0.2) is 9.59 Å². The maximum Gasteiger partial charge on any atom is 0.408 e. The summed E-state index contributed by atoms with van der Waals surface area (Å²) in [5, 5.41) is 2.57. The van der Waals surface area contributed by atoms with Gasteiger partial charge in [0.2, 0.25) is 6.80 Å². The van der Waals surface area contributed by atoms with Crippen LogP contribution in [0.3, 0.4) is 0 Å². The highest BCUT2D eigenvalue weighted by molar-refractivity contribution is 5.81. The van der Waals surface area contributed by atoms with Gasteiger partial charge >= 0.3 is 12.1 Å². The zero-order valence-corrected chi connectivity index (χ0v) is 17.4. The number of alkyl carbamates (subject to hydrolysis) is 1. The minimum atomic E-state index is -0.881. The molecule has 154 valence electrons. The molecule has 1 atom stereocenters. The molecule has 0 aliphatic carbocycles. The van der Waals surface area contributed by atoms with Gasteiger partial charge < -0.3 is 27.2 Å². The highest BCUT2D eigenvalue weighted by Crippen LogP contribution is 2.09. The minimum Gasteiger partial charge on any atom is -1.00 e. The molecule has 1 unspecified atom stereocenters. The van der Waals surface area contributed by atoms with Crippen LogP contribution < -0.4 is 17.7 Å². The van der Waals surface area contributed by atoms with E-state index in [0.717, 1.165) is 5.56 Å². The first-order valence-corrected chi connectivity index (χ1v) is 8.60. The Bertz CT molecular complexity index is 591. The molecule has 1 aromatic rings. The van der Waals surface area contributed by atoms with Gasteiger partial charge in [0.15, 0.2) is 0 Å². The Morgan fingerprint density at radius 3 is 2.30 bits per heavy atom. The third-order valence-electron chi connectivity index (χ3n) is 3.52. The van der Waals surface area contributed by atoms with Gasteiger partial charge in [0.1, 0.15) is 24.8 Å². The van der Waals surface area contributed by atoms with E-state index < -0.39 is 30.5 Å². The van der Waals surface area contributed by atoms with Gasteiger partial charge in [0.05, 0.1) is 14.1 Å². The molecule has 0 bridgehead atoms. The predicted molar refractivity (Wildman–Crippen MR) is 97.2 cm³/mol. The lowest BCUT2D eigenvalue weighted by Crippen LogP contribution is -3.00. The normalized spacial score (nSPS) is 12.5. The van der Waals surface area contributed by atoms with Crippen LogP contribution in [0, 0.1) is 0 Å². The van der Waals surface area contributed by atoms with E-state index in [2.05, 4.69) is 5.32 Å². The van der Waals surface area contributed by atoms with Crippen LogP contribution in [0.4, 0.5) is 9.18 Å². The fraction of sp³-hybridized carbons (Fsp3) is 0.579. The van der Waals surface area contributed by atoms with Crippen molar-refractivity contribution in [2.75, 3.05) is 34.0 Å². The largest absolute Gasteiger partial charge is 1.00 e. The molecule has 0 heterocycles. The summed E-state index contributed by atoms with van der Waals surface area (Å²) >= 11 is 0. The zero-order chi connectivity index (χ0) is 19.8. The highest BCUT2D eigenvalue weighted by atomic mass is 35.5. The number of nitrogens with zero attached hydrogens (tertiary/aromatic N) is 1. The Hall–Kier alpha value is -1.86. The third kappa shape index (κ3) is 10.8. The van der Waals surface area contributed by atoms with E-state index in [0.29, 0.717) is 6.54 Å². The Morgan fingerprint density at radius 1 is 1.19 bits per heavy atom. The molecule has 0 aliphatic heterocycles. The van der Waals surface area contributed by atoms with E-state index >= 15 is 0 Å². The lowest BCUT2D eigenvalue weighted by molar-refractivity contribution is -0.902. The summed E-state index contributed by atoms with van der Waals surface area (Å²) in [7, 11) is 3.41. The molecule has 8 heteroatoms. The number of quaternary nitrogens is 1. The number of esters is 1. The predicted octanol–water partition coefficient (Wildman–Crippen LogP) is -0.327. The summed E-state index contributed by atoms with van der Waals surface area (Å²) in [5.74, 6) is -0.571. The van der Waals surface area contributed by atoms with E-state index in [-0.39, 0.29) is 29.9 Å². The monoisotopic (exact) mass is 404 g/mol. The van der Waals surface area contributed by atoms with Crippen molar-refractivity contribution in [2.45, 2.75) is 38.8 Å². The molecule has 6 nitrogen and oxygen atoms in total. The van der Waals surface area contributed by atoms with Gasteiger partial charge in [-0.05, 0) is 26.3 Å². The molecule has 0 spiro atoms. The van der Waals surface area contributed by atoms with Crippen molar-refractivity contribution in [3.8, 4) is 0 Å². The van der Waals surface area contributed by atoms with Crippen molar-refractivity contribution in [2.24, 2.45) is 0 Å². The van der Waals surface area contributed by atoms with Crippen LogP contribution in [0.5, 0.6) is 0 Å². The number of hydrogen-bond acceptors (Lipinski definition) is 4. The second kappa shape index (κ2) is 11.1. The van der Waals surface area contributed by atoms with E-state index in [1.165, 1.54) is 0 Å². The number of ether oxygens (including phenoxy) is 2. The van der Waals surface area contributed by atoms with E-state index in [1.54, 1.807) is 34.9 Å². The van der Waals surface area contributed by atoms with E-state index in [4.69, 9.17) is 9.47 Å². The molecule has 0 saturated carbocycles. The molecule has 0 radical (unpaired) electrons. The number of likely N-dealkylation sites (N-methyl/N-ethyl adjacent to an activating group) is 1. The van der Waals surface area contributed by atoms with Crippen molar-refractivity contribution >= 4 is 12.1 Å². The Balaban J connectivity index is 0.00000676. The van der Waals surface area contributed by atoms with Gasteiger partial charge in [-0.15, -0.1) is 0 Å². The minimum absolute atomic E-state index is 0. The van der Waals surface area contributed by atoms with Gasteiger partial charge in [0, 0.05) is 6.42 Å². The van der Waals surface area contributed by atoms with Crippen molar-refractivity contribution in [3.63, 3.8) is 0 Å². The highest BCUT2D eigenvalue weighted by Gasteiger charge is 2.26. The number of alkyl halides is 1. The summed E-state index contributed by atoms with van der Waals surface area (Å²) in [4.78, 5) is 24.5. The van der Waals surface area contributed by atoms with E-state index in [1.807, 2.05) is 30.3 Å². The number of rotatable bonds is 8. The molecule has 1 amide bonds. The van der Waals surface area contributed by atoms with Crippen LogP contribution >= 0.6 is 0 Å². The Morgan fingerprint density at radius 2 is 1.78 bits per heavy atom. The maximum absolute atomic E-state index is 12.8.